The van der Waals surface area contributed by atoms with E-state index in [0.29, 0.717) is 12.5 Å². The predicted molar refractivity (Wildman–Crippen MR) is 95.4 cm³/mol. The number of benzene rings is 1. The first kappa shape index (κ1) is 19.8. The number of hydrogen-bond donors (Lipinski definition) is 1. The number of nitrogens with one attached hydrogen (secondary N) is 1. The molecule has 1 aliphatic heterocycles. The Labute approximate surface area is 149 Å². The van der Waals surface area contributed by atoms with Gasteiger partial charge in [-0.3, -0.25) is 9.69 Å². The largest absolute Gasteiger partial charge is 0.352 e. The molecule has 1 saturated heterocycles. The molecule has 25 heavy (non-hydrogen) atoms. The zero-order chi connectivity index (χ0) is 18.4. The minimum Gasteiger partial charge on any atom is -0.352 e. The highest BCUT2D eigenvalue weighted by atomic mass is 19.1. The molecule has 0 spiro atoms. The van der Waals surface area contributed by atoms with Gasteiger partial charge in [0.25, 0.3) is 0 Å². The lowest BCUT2D eigenvalue weighted by Crippen LogP contribution is -2.51. The van der Waals surface area contributed by atoms with Gasteiger partial charge in [-0.1, -0.05) is 19.9 Å². The first-order valence-electron chi connectivity index (χ1n) is 9.02. The van der Waals surface area contributed by atoms with Gasteiger partial charge in [0.15, 0.2) is 0 Å². The number of hydrogen-bond acceptors (Lipinski definition) is 3. The minimum atomic E-state index is -0.567. The number of rotatable bonds is 7. The van der Waals surface area contributed by atoms with Crippen LogP contribution in [0.5, 0.6) is 0 Å². The van der Waals surface area contributed by atoms with Crippen LogP contribution >= 0.6 is 0 Å². The molecule has 1 amide bonds. The molecule has 1 N–H and O–H groups in total. The van der Waals surface area contributed by atoms with E-state index in [2.05, 4.69) is 29.0 Å². The predicted octanol–water partition coefficient (Wildman–Crippen LogP) is 2.29. The Kier molecular flexibility index (Phi) is 7.32. The lowest BCUT2D eigenvalue weighted by Gasteiger charge is -2.35. The average Bonchev–Trinajstić information content (AvgIpc) is 2.52. The summed E-state index contributed by atoms with van der Waals surface area (Å²) in [5.74, 6) is -0.583. The Balaban J connectivity index is 1.75. The van der Waals surface area contributed by atoms with Gasteiger partial charge in [0.05, 0.1) is 6.54 Å². The first-order valence-corrected chi connectivity index (χ1v) is 9.02. The van der Waals surface area contributed by atoms with Gasteiger partial charge < -0.3 is 10.2 Å². The highest BCUT2D eigenvalue weighted by molar-refractivity contribution is 5.78. The zero-order valence-corrected chi connectivity index (χ0v) is 15.4. The molecule has 1 aliphatic rings. The Hall–Kier alpha value is -1.53. The molecule has 1 aromatic rings. The second-order valence-electron chi connectivity index (χ2n) is 7.34. The molecule has 0 aliphatic carbocycles. The lowest BCUT2D eigenvalue weighted by molar-refractivity contribution is -0.123. The number of carbonyl (C=O) groups is 1. The fraction of sp³-hybridized carbons (Fsp3) is 0.632. The van der Waals surface area contributed by atoms with Gasteiger partial charge >= 0.3 is 0 Å². The molecular formula is C19H29F2N3O. The molecule has 0 radical (unpaired) electrons. The first-order chi connectivity index (χ1) is 11.8. The second-order valence-corrected chi connectivity index (χ2v) is 7.34. The van der Waals surface area contributed by atoms with Crippen molar-refractivity contribution in [3.8, 4) is 0 Å². The molecule has 0 aromatic heterocycles. The number of amides is 1. The molecule has 6 heteroatoms. The van der Waals surface area contributed by atoms with Gasteiger partial charge in [-0.2, -0.15) is 0 Å². The summed E-state index contributed by atoms with van der Waals surface area (Å²) >= 11 is 0. The molecule has 140 valence electrons. The summed E-state index contributed by atoms with van der Waals surface area (Å²) < 4.78 is 27.4. The third kappa shape index (κ3) is 6.36. The van der Waals surface area contributed by atoms with E-state index >= 15 is 0 Å². The summed E-state index contributed by atoms with van der Waals surface area (Å²) in [4.78, 5) is 16.7. The molecule has 1 fully saturated rings. The van der Waals surface area contributed by atoms with E-state index in [1.807, 2.05) is 0 Å². The molecule has 1 heterocycles. The molecule has 1 aromatic carbocycles. The number of carbonyl (C=O) groups excluding carboxylic acids is 1. The van der Waals surface area contributed by atoms with Crippen LogP contribution in [0.4, 0.5) is 8.78 Å². The topological polar surface area (TPSA) is 35.6 Å². The normalized spacial score (nSPS) is 17.7. The molecule has 2 rings (SSSR count). The van der Waals surface area contributed by atoms with E-state index in [-0.39, 0.29) is 23.9 Å². The quantitative estimate of drug-likeness (QED) is 0.817. The van der Waals surface area contributed by atoms with Crippen molar-refractivity contribution in [1.29, 1.82) is 0 Å². The Morgan fingerprint density at radius 1 is 1.08 bits per heavy atom. The SMILES string of the molecule is CC(C)CN1CCN(CC(=O)NC(C)Cc2c(F)cccc2F)CC1. The van der Waals surface area contributed by atoms with Crippen LogP contribution in [0.3, 0.4) is 0 Å². The summed E-state index contributed by atoms with van der Waals surface area (Å²) in [5, 5.41) is 2.85. The van der Waals surface area contributed by atoms with Gasteiger partial charge in [0.2, 0.25) is 5.91 Å². The van der Waals surface area contributed by atoms with Crippen molar-refractivity contribution in [1.82, 2.24) is 15.1 Å². The van der Waals surface area contributed by atoms with Gasteiger partial charge in [0.1, 0.15) is 11.6 Å². The molecule has 1 atom stereocenters. The van der Waals surface area contributed by atoms with Crippen LogP contribution in [0.1, 0.15) is 26.3 Å². The third-order valence-corrected chi connectivity index (χ3v) is 4.43. The van der Waals surface area contributed by atoms with Gasteiger partial charge in [-0.15, -0.1) is 0 Å². The standard InChI is InChI=1S/C19H29F2N3O/c1-14(2)12-23-7-9-24(10-8-23)13-19(25)22-15(3)11-16-17(20)5-4-6-18(16)21/h4-6,14-15H,7-13H2,1-3H3,(H,22,25). The maximum Gasteiger partial charge on any atom is 0.234 e. The van der Waals surface area contributed by atoms with Crippen LogP contribution in [0.2, 0.25) is 0 Å². The summed E-state index contributed by atoms with van der Waals surface area (Å²) in [6, 6.07) is 3.50. The maximum absolute atomic E-state index is 13.7. The van der Waals surface area contributed by atoms with Crippen molar-refractivity contribution >= 4 is 5.91 Å². The van der Waals surface area contributed by atoms with E-state index in [1.54, 1.807) is 6.92 Å². The molecular weight excluding hydrogens is 324 g/mol. The Morgan fingerprint density at radius 3 is 2.20 bits per heavy atom. The fourth-order valence-corrected chi connectivity index (χ4v) is 3.25. The van der Waals surface area contributed by atoms with E-state index in [1.165, 1.54) is 18.2 Å². The van der Waals surface area contributed by atoms with Crippen molar-refractivity contribution < 1.29 is 13.6 Å². The van der Waals surface area contributed by atoms with Crippen LogP contribution < -0.4 is 5.32 Å². The zero-order valence-electron chi connectivity index (χ0n) is 15.4. The maximum atomic E-state index is 13.7. The Morgan fingerprint density at radius 2 is 1.64 bits per heavy atom. The average molecular weight is 353 g/mol. The summed E-state index contributed by atoms with van der Waals surface area (Å²) in [7, 11) is 0. The van der Waals surface area contributed by atoms with Crippen molar-refractivity contribution in [2.45, 2.75) is 33.2 Å². The summed E-state index contributed by atoms with van der Waals surface area (Å²) in [6.07, 6.45) is 0.145. The molecule has 0 bridgehead atoms. The minimum absolute atomic E-state index is 0.0256. The molecule has 4 nitrogen and oxygen atoms in total. The fourth-order valence-electron chi connectivity index (χ4n) is 3.25. The van der Waals surface area contributed by atoms with E-state index in [4.69, 9.17) is 0 Å². The van der Waals surface area contributed by atoms with Crippen LogP contribution in [0.15, 0.2) is 18.2 Å². The van der Waals surface area contributed by atoms with E-state index in [0.717, 1.165) is 32.7 Å². The summed E-state index contributed by atoms with van der Waals surface area (Å²) in [6.45, 7) is 11.3. The highest BCUT2D eigenvalue weighted by Gasteiger charge is 2.20. The van der Waals surface area contributed by atoms with Crippen molar-refractivity contribution in [2.24, 2.45) is 5.92 Å². The smallest absolute Gasteiger partial charge is 0.234 e. The Bertz CT molecular complexity index is 552. The summed E-state index contributed by atoms with van der Waals surface area (Å²) in [5.41, 5.74) is 0.0256. The van der Waals surface area contributed by atoms with Crippen LogP contribution in [-0.4, -0.2) is 61.0 Å². The number of nitrogens with zero attached hydrogens (tertiary/aromatic N) is 2. The third-order valence-electron chi connectivity index (χ3n) is 4.43. The van der Waals surface area contributed by atoms with E-state index < -0.39 is 11.6 Å². The highest BCUT2D eigenvalue weighted by Crippen LogP contribution is 2.14. The lowest BCUT2D eigenvalue weighted by atomic mass is 10.1. The monoisotopic (exact) mass is 353 g/mol. The second kappa shape index (κ2) is 9.25. The number of halogens is 2. The van der Waals surface area contributed by atoms with Crippen molar-refractivity contribution in [2.75, 3.05) is 39.3 Å². The van der Waals surface area contributed by atoms with Crippen LogP contribution in [-0.2, 0) is 11.2 Å². The van der Waals surface area contributed by atoms with Crippen molar-refractivity contribution in [3.05, 3.63) is 35.4 Å². The molecule has 0 saturated carbocycles. The van der Waals surface area contributed by atoms with Gasteiger partial charge in [0, 0.05) is 44.3 Å². The van der Waals surface area contributed by atoms with Gasteiger partial charge in [-0.05, 0) is 31.4 Å². The van der Waals surface area contributed by atoms with Gasteiger partial charge in [-0.25, -0.2) is 8.78 Å². The van der Waals surface area contributed by atoms with Crippen LogP contribution in [0, 0.1) is 17.6 Å². The molecule has 1 unspecified atom stereocenters. The van der Waals surface area contributed by atoms with Crippen LogP contribution in [0.25, 0.3) is 0 Å². The van der Waals surface area contributed by atoms with Crippen molar-refractivity contribution in [3.63, 3.8) is 0 Å². The number of piperazine rings is 1. The van der Waals surface area contributed by atoms with E-state index in [9.17, 15) is 13.6 Å².